The molecule has 0 radical (unpaired) electrons. The summed E-state index contributed by atoms with van der Waals surface area (Å²) in [4.78, 5) is 0. The molecule has 1 unspecified atom stereocenters. The summed E-state index contributed by atoms with van der Waals surface area (Å²) in [5.41, 5.74) is 9.34. The standard InChI is InChI=1S/C14H18N4/c1-14(2,15)13-9-18(17-16-13)8-11-7-10-5-3-4-6-12(10)11/h3-6,9,11H,7-8,15H2,1-2H3. The van der Waals surface area contributed by atoms with Crippen molar-refractivity contribution in [2.45, 2.75) is 38.3 Å². The molecule has 0 spiro atoms. The molecular weight excluding hydrogens is 224 g/mol. The van der Waals surface area contributed by atoms with Crippen LogP contribution in [0, 0.1) is 0 Å². The van der Waals surface area contributed by atoms with E-state index in [1.807, 2.05) is 24.7 Å². The minimum Gasteiger partial charge on any atom is -0.320 e. The lowest BCUT2D eigenvalue weighted by Gasteiger charge is -2.29. The number of rotatable bonds is 3. The highest BCUT2D eigenvalue weighted by Crippen LogP contribution is 2.35. The van der Waals surface area contributed by atoms with E-state index in [0.29, 0.717) is 5.92 Å². The van der Waals surface area contributed by atoms with Gasteiger partial charge in [-0.2, -0.15) is 0 Å². The molecule has 0 fully saturated rings. The van der Waals surface area contributed by atoms with Crippen molar-refractivity contribution in [3.8, 4) is 0 Å². The molecule has 4 nitrogen and oxygen atoms in total. The zero-order chi connectivity index (χ0) is 12.8. The van der Waals surface area contributed by atoms with E-state index >= 15 is 0 Å². The molecular formula is C14H18N4. The number of nitrogens with zero attached hydrogens (tertiary/aromatic N) is 3. The fourth-order valence-electron chi connectivity index (χ4n) is 2.43. The summed E-state index contributed by atoms with van der Waals surface area (Å²) in [5, 5.41) is 8.31. The Hall–Kier alpha value is -1.68. The van der Waals surface area contributed by atoms with Crippen LogP contribution in [0.5, 0.6) is 0 Å². The van der Waals surface area contributed by atoms with Crippen molar-refractivity contribution in [1.29, 1.82) is 0 Å². The quantitative estimate of drug-likeness (QED) is 0.893. The van der Waals surface area contributed by atoms with Gasteiger partial charge in [-0.05, 0) is 31.4 Å². The second-order valence-electron chi connectivity index (χ2n) is 5.65. The van der Waals surface area contributed by atoms with Crippen molar-refractivity contribution in [1.82, 2.24) is 15.0 Å². The molecule has 18 heavy (non-hydrogen) atoms. The smallest absolute Gasteiger partial charge is 0.102 e. The van der Waals surface area contributed by atoms with Crippen LogP contribution in [-0.2, 0) is 18.5 Å². The summed E-state index contributed by atoms with van der Waals surface area (Å²) < 4.78 is 1.91. The molecule has 1 aliphatic rings. The van der Waals surface area contributed by atoms with Crippen molar-refractivity contribution in [2.24, 2.45) is 5.73 Å². The third-order valence-electron chi connectivity index (χ3n) is 3.57. The minimum absolute atomic E-state index is 0.421. The maximum Gasteiger partial charge on any atom is 0.102 e. The maximum atomic E-state index is 6.01. The molecule has 94 valence electrons. The van der Waals surface area contributed by atoms with Crippen LogP contribution in [0.2, 0.25) is 0 Å². The third kappa shape index (κ3) is 1.93. The van der Waals surface area contributed by atoms with Gasteiger partial charge in [-0.25, -0.2) is 0 Å². The van der Waals surface area contributed by atoms with Gasteiger partial charge in [0, 0.05) is 12.5 Å². The van der Waals surface area contributed by atoms with E-state index < -0.39 is 5.54 Å². The highest BCUT2D eigenvalue weighted by molar-refractivity contribution is 5.39. The Bertz CT molecular complexity index is 565. The first-order chi connectivity index (χ1) is 8.54. The first kappa shape index (κ1) is 11.4. The summed E-state index contributed by atoms with van der Waals surface area (Å²) in [6.07, 6.45) is 3.10. The summed E-state index contributed by atoms with van der Waals surface area (Å²) in [5.74, 6) is 0.566. The number of fused-ring (bicyclic) bond motifs is 1. The number of nitrogens with two attached hydrogens (primary N) is 1. The molecule has 4 heteroatoms. The molecule has 1 aromatic heterocycles. The Morgan fingerprint density at radius 1 is 1.39 bits per heavy atom. The Labute approximate surface area is 107 Å². The van der Waals surface area contributed by atoms with Crippen LogP contribution in [0.15, 0.2) is 30.5 Å². The van der Waals surface area contributed by atoms with Gasteiger partial charge >= 0.3 is 0 Å². The second kappa shape index (κ2) is 3.92. The molecule has 3 rings (SSSR count). The number of hydrogen-bond acceptors (Lipinski definition) is 3. The molecule has 2 aromatic rings. The predicted octanol–water partition coefficient (Wildman–Crippen LogP) is 1.81. The molecule has 1 aliphatic carbocycles. The zero-order valence-corrected chi connectivity index (χ0v) is 10.8. The van der Waals surface area contributed by atoms with Gasteiger partial charge in [-0.3, -0.25) is 4.68 Å². The van der Waals surface area contributed by atoms with Crippen LogP contribution in [-0.4, -0.2) is 15.0 Å². The van der Waals surface area contributed by atoms with Crippen LogP contribution in [0.4, 0.5) is 0 Å². The van der Waals surface area contributed by atoms with Gasteiger partial charge in [0.05, 0.1) is 11.7 Å². The van der Waals surface area contributed by atoms with Crippen LogP contribution in [0.1, 0.15) is 36.6 Å². The summed E-state index contributed by atoms with van der Waals surface area (Å²) in [6, 6.07) is 8.59. The summed E-state index contributed by atoms with van der Waals surface area (Å²) >= 11 is 0. The van der Waals surface area contributed by atoms with Crippen molar-refractivity contribution in [3.63, 3.8) is 0 Å². The Balaban J connectivity index is 1.74. The average Bonchev–Trinajstić information content (AvgIpc) is 2.74. The zero-order valence-electron chi connectivity index (χ0n) is 10.8. The third-order valence-corrected chi connectivity index (χ3v) is 3.57. The molecule has 0 bridgehead atoms. The molecule has 1 atom stereocenters. The fourth-order valence-corrected chi connectivity index (χ4v) is 2.43. The first-order valence-electron chi connectivity index (χ1n) is 6.31. The van der Waals surface area contributed by atoms with Crippen molar-refractivity contribution >= 4 is 0 Å². The average molecular weight is 242 g/mol. The van der Waals surface area contributed by atoms with Crippen LogP contribution < -0.4 is 5.73 Å². The predicted molar refractivity (Wildman–Crippen MR) is 70.1 cm³/mol. The lowest BCUT2D eigenvalue weighted by Crippen LogP contribution is -2.29. The van der Waals surface area contributed by atoms with E-state index in [2.05, 4.69) is 34.6 Å². The fraction of sp³-hybridized carbons (Fsp3) is 0.429. The SMILES string of the molecule is CC(C)(N)c1cn(CC2Cc3ccccc32)nn1. The van der Waals surface area contributed by atoms with Crippen LogP contribution >= 0.6 is 0 Å². The van der Waals surface area contributed by atoms with E-state index in [1.165, 1.54) is 11.1 Å². The summed E-state index contributed by atoms with van der Waals surface area (Å²) in [6.45, 7) is 4.78. The molecule has 1 aromatic carbocycles. The molecule has 0 saturated carbocycles. The van der Waals surface area contributed by atoms with Gasteiger partial charge < -0.3 is 5.73 Å². The lowest BCUT2D eigenvalue weighted by atomic mass is 9.78. The largest absolute Gasteiger partial charge is 0.320 e. The first-order valence-corrected chi connectivity index (χ1v) is 6.31. The molecule has 0 saturated heterocycles. The van der Waals surface area contributed by atoms with E-state index in [4.69, 9.17) is 5.73 Å². The van der Waals surface area contributed by atoms with Gasteiger partial charge in [0.25, 0.3) is 0 Å². The van der Waals surface area contributed by atoms with Gasteiger partial charge in [-0.1, -0.05) is 29.5 Å². The second-order valence-corrected chi connectivity index (χ2v) is 5.65. The Morgan fingerprint density at radius 2 is 2.17 bits per heavy atom. The molecule has 2 N–H and O–H groups in total. The summed E-state index contributed by atoms with van der Waals surface area (Å²) in [7, 11) is 0. The van der Waals surface area contributed by atoms with Gasteiger partial charge in [0.15, 0.2) is 0 Å². The van der Waals surface area contributed by atoms with E-state index in [9.17, 15) is 0 Å². The van der Waals surface area contributed by atoms with Gasteiger partial charge in [-0.15, -0.1) is 5.10 Å². The van der Waals surface area contributed by atoms with E-state index in [-0.39, 0.29) is 0 Å². The highest BCUT2D eigenvalue weighted by atomic mass is 15.4. The highest BCUT2D eigenvalue weighted by Gasteiger charge is 2.26. The van der Waals surface area contributed by atoms with Gasteiger partial charge in [0.2, 0.25) is 0 Å². The van der Waals surface area contributed by atoms with Crippen LogP contribution in [0.25, 0.3) is 0 Å². The topological polar surface area (TPSA) is 56.7 Å². The van der Waals surface area contributed by atoms with Gasteiger partial charge in [0.1, 0.15) is 5.69 Å². The number of aromatic nitrogens is 3. The lowest BCUT2D eigenvalue weighted by molar-refractivity contribution is 0.465. The van der Waals surface area contributed by atoms with Crippen molar-refractivity contribution in [3.05, 3.63) is 47.3 Å². The van der Waals surface area contributed by atoms with Crippen molar-refractivity contribution in [2.75, 3.05) is 0 Å². The monoisotopic (exact) mass is 242 g/mol. The molecule has 0 aliphatic heterocycles. The number of hydrogen-bond donors (Lipinski definition) is 1. The Kier molecular flexibility index (Phi) is 2.48. The minimum atomic E-state index is -0.421. The molecule has 1 heterocycles. The molecule has 0 amide bonds. The number of benzene rings is 1. The Morgan fingerprint density at radius 3 is 2.83 bits per heavy atom. The van der Waals surface area contributed by atoms with Crippen LogP contribution in [0.3, 0.4) is 0 Å². The van der Waals surface area contributed by atoms with E-state index in [1.54, 1.807) is 0 Å². The van der Waals surface area contributed by atoms with E-state index in [0.717, 1.165) is 18.7 Å². The normalized spacial score (nSPS) is 18.3. The van der Waals surface area contributed by atoms with Crippen molar-refractivity contribution < 1.29 is 0 Å². The maximum absolute atomic E-state index is 6.01.